The molecular formula is C13H12FNO3. The highest BCUT2D eigenvalue weighted by Gasteiger charge is 2.22. The molecule has 5 heteroatoms. The summed E-state index contributed by atoms with van der Waals surface area (Å²) in [7, 11) is 0. The number of benzene rings is 1. The molecule has 0 aliphatic carbocycles. The SMILES string of the molecule is O=C1C=CC(=O)N1CCCOc1ccc(F)cc1. The third-order valence-corrected chi connectivity index (χ3v) is 2.51. The average molecular weight is 249 g/mol. The van der Waals surface area contributed by atoms with Gasteiger partial charge in [0.25, 0.3) is 11.8 Å². The van der Waals surface area contributed by atoms with E-state index in [1.54, 1.807) is 0 Å². The predicted octanol–water partition coefficient (Wildman–Crippen LogP) is 1.52. The monoisotopic (exact) mass is 249 g/mol. The van der Waals surface area contributed by atoms with Crippen LogP contribution in [0.2, 0.25) is 0 Å². The Morgan fingerprint density at radius 2 is 1.67 bits per heavy atom. The van der Waals surface area contributed by atoms with E-state index in [9.17, 15) is 14.0 Å². The molecule has 0 fully saturated rings. The highest BCUT2D eigenvalue weighted by molar-refractivity contribution is 6.12. The lowest BCUT2D eigenvalue weighted by atomic mass is 10.3. The second-order valence-electron chi connectivity index (χ2n) is 3.82. The zero-order valence-corrected chi connectivity index (χ0v) is 9.64. The molecule has 2 amide bonds. The van der Waals surface area contributed by atoms with Gasteiger partial charge in [0.2, 0.25) is 0 Å². The molecule has 1 aliphatic heterocycles. The van der Waals surface area contributed by atoms with Crippen molar-refractivity contribution in [3.05, 3.63) is 42.2 Å². The molecule has 1 aliphatic rings. The van der Waals surface area contributed by atoms with Crippen LogP contribution in [0.4, 0.5) is 4.39 Å². The molecule has 0 aromatic heterocycles. The zero-order chi connectivity index (χ0) is 13.0. The van der Waals surface area contributed by atoms with Gasteiger partial charge in [-0.2, -0.15) is 0 Å². The predicted molar refractivity (Wildman–Crippen MR) is 62.4 cm³/mol. The van der Waals surface area contributed by atoms with Crippen molar-refractivity contribution in [3.63, 3.8) is 0 Å². The van der Waals surface area contributed by atoms with Crippen LogP contribution in [0, 0.1) is 5.82 Å². The molecule has 1 heterocycles. The highest BCUT2D eigenvalue weighted by Crippen LogP contribution is 2.11. The van der Waals surface area contributed by atoms with Crippen molar-refractivity contribution in [3.8, 4) is 5.75 Å². The molecular weight excluding hydrogens is 237 g/mol. The Morgan fingerprint density at radius 3 is 2.28 bits per heavy atom. The normalized spacial score (nSPS) is 14.4. The van der Waals surface area contributed by atoms with E-state index < -0.39 is 0 Å². The van der Waals surface area contributed by atoms with Crippen LogP contribution >= 0.6 is 0 Å². The highest BCUT2D eigenvalue weighted by atomic mass is 19.1. The minimum Gasteiger partial charge on any atom is -0.494 e. The van der Waals surface area contributed by atoms with Gasteiger partial charge >= 0.3 is 0 Å². The maximum Gasteiger partial charge on any atom is 0.253 e. The van der Waals surface area contributed by atoms with E-state index in [2.05, 4.69) is 0 Å². The van der Waals surface area contributed by atoms with Crippen LogP contribution in [-0.2, 0) is 9.59 Å². The fourth-order valence-electron chi connectivity index (χ4n) is 1.60. The average Bonchev–Trinajstić information content (AvgIpc) is 2.68. The summed E-state index contributed by atoms with van der Waals surface area (Å²) in [6.07, 6.45) is 3.04. The van der Waals surface area contributed by atoms with Crippen LogP contribution < -0.4 is 4.74 Å². The molecule has 0 radical (unpaired) electrons. The maximum absolute atomic E-state index is 12.6. The third kappa shape index (κ3) is 2.94. The van der Waals surface area contributed by atoms with Crippen molar-refractivity contribution in [2.75, 3.05) is 13.2 Å². The maximum atomic E-state index is 12.6. The summed E-state index contributed by atoms with van der Waals surface area (Å²) in [4.78, 5) is 23.6. The first kappa shape index (κ1) is 12.3. The van der Waals surface area contributed by atoms with Crippen LogP contribution in [0.25, 0.3) is 0 Å². The summed E-state index contributed by atoms with van der Waals surface area (Å²) in [5.74, 6) is -0.334. The van der Waals surface area contributed by atoms with E-state index in [1.807, 2.05) is 0 Å². The van der Waals surface area contributed by atoms with Crippen molar-refractivity contribution in [2.45, 2.75) is 6.42 Å². The van der Waals surface area contributed by atoms with Crippen molar-refractivity contribution in [1.29, 1.82) is 0 Å². The Bertz CT molecular complexity index is 464. The molecule has 0 atom stereocenters. The first-order valence-electron chi connectivity index (χ1n) is 5.59. The first-order chi connectivity index (χ1) is 8.66. The Balaban J connectivity index is 1.72. The van der Waals surface area contributed by atoms with Crippen LogP contribution in [0.3, 0.4) is 0 Å². The number of imide groups is 1. The lowest BCUT2D eigenvalue weighted by molar-refractivity contribution is -0.136. The number of amides is 2. The fraction of sp³-hybridized carbons (Fsp3) is 0.231. The Morgan fingerprint density at radius 1 is 1.06 bits per heavy atom. The minimum atomic E-state index is -0.318. The smallest absolute Gasteiger partial charge is 0.253 e. The molecule has 1 aromatic carbocycles. The van der Waals surface area contributed by atoms with Crippen molar-refractivity contribution < 1.29 is 18.7 Å². The van der Waals surface area contributed by atoms with Crippen LogP contribution in [0.15, 0.2) is 36.4 Å². The van der Waals surface area contributed by atoms with E-state index in [1.165, 1.54) is 36.4 Å². The Kier molecular flexibility index (Phi) is 3.72. The number of rotatable bonds is 5. The zero-order valence-electron chi connectivity index (χ0n) is 9.64. The lowest BCUT2D eigenvalue weighted by Crippen LogP contribution is -2.31. The molecule has 2 rings (SSSR count). The number of halogens is 1. The topological polar surface area (TPSA) is 46.6 Å². The van der Waals surface area contributed by atoms with Gasteiger partial charge in [-0.3, -0.25) is 14.5 Å². The van der Waals surface area contributed by atoms with Crippen molar-refractivity contribution >= 4 is 11.8 Å². The van der Waals surface area contributed by atoms with Gasteiger partial charge in [0.1, 0.15) is 11.6 Å². The molecule has 0 bridgehead atoms. The molecule has 0 N–H and O–H groups in total. The number of nitrogens with zero attached hydrogens (tertiary/aromatic N) is 1. The minimum absolute atomic E-state index is 0.290. The van der Waals surface area contributed by atoms with Crippen LogP contribution in [0.1, 0.15) is 6.42 Å². The standard InChI is InChI=1S/C13H12FNO3/c14-10-2-4-11(5-3-10)18-9-1-8-15-12(16)6-7-13(15)17/h2-7H,1,8-9H2. The van der Waals surface area contributed by atoms with Gasteiger partial charge in [0, 0.05) is 18.7 Å². The van der Waals surface area contributed by atoms with E-state index in [-0.39, 0.29) is 17.6 Å². The molecule has 0 saturated carbocycles. The van der Waals surface area contributed by atoms with E-state index >= 15 is 0 Å². The van der Waals surface area contributed by atoms with Gasteiger partial charge in [0.15, 0.2) is 0 Å². The largest absolute Gasteiger partial charge is 0.494 e. The summed E-state index contributed by atoms with van der Waals surface area (Å²) >= 11 is 0. The molecule has 0 spiro atoms. The van der Waals surface area contributed by atoms with Gasteiger partial charge in [-0.25, -0.2) is 4.39 Å². The molecule has 0 saturated heterocycles. The van der Waals surface area contributed by atoms with E-state index in [4.69, 9.17) is 4.74 Å². The van der Waals surface area contributed by atoms with E-state index in [0.717, 1.165) is 4.90 Å². The quantitative estimate of drug-likeness (QED) is 0.587. The number of hydrogen-bond donors (Lipinski definition) is 0. The summed E-state index contributed by atoms with van der Waals surface area (Å²) in [6, 6.07) is 5.69. The fourth-order valence-corrected chi connectivity index (χ4v) is 1.60. The van der Waals surface area contributed by atoms with Gasteiger partial charge in [-0.05, 0) is 30.7 Å². The number of hydrogen-bond acceptors (Lipinski definition) is 3. The van der Waals surface area contributed by atoms with Crippen molar-refractivity contribution in [2.24, 2.45) is 0 Å². The van der Waals surface area contributed by atoms with Crippen LogP contribution in [0.5, 0.6) is 5.75 Å². The summed E-state index contributed by atoms with van der Waals surface area (Å²) in [5.41, 5.74) is 0. The van der Waals surface area contributed by atoms with Crippen LogP contribution in [-0.4, -0.2) is 29.9 Å². The summed E-state index contributed by atoms with van der Waals surface area (Å²) in [6.45, 7) is 0.689. The van der Waals surface area contributed by atoms with Gasteiger partial charge < -0.3 is 4.74 Å². The number of carbonyl (C=O) groups excluding carboxylic acids is 2. The van der Waals surface area contributed by atoms with Crippen molar-refractivity contribution in [1.82, 2.24) is 4.90 Å². The van der Waals surface area contributed by atoms with Gasteiger partial charge in [-0.1, -0.05) is 0 Å². The molecule has 1 aromatic rings. The number of carbonyl (C=O) groups is 2. The molecule has 0 unspecified atom stereocenters. The Labute approximate surface area is 104 Å². The third-order valence-electron chi connectivity index (χ3n) is 2.51. The summed E-state index contributed by atoms with van der Waals surface area (Å²) in [5, 5.41) is 0. The summed E-state index contributed by atoms with van der Waals surface area (Å²) < 4.78 is 18.0. The molecule has 18 heavy (non-hydrogen) atoms. The molecule has 4 nitrogen and oxygen atoms in total. The Hall–Kier alpha value is -2.17. The first-order valence-corrected chi connectivity index (χ1v) is 5.59. The van der Waals surface area contributed by atoms with Gasteiger partial charge in [-0.15, -0.1) is 0 Å². The molecule has 94 valence electrons. The van der Waals surface area contributed by atoms with Gasteiger partial charge in [0.05, 0.1) is 6.61 Å². The number of ether oxygens (including phenoxy) is 1. The second-order valence-corrected chi connectivity index (χ2v) is 3.82. The second kappa shape index (κ2) is 5.44. The lowest BCUT2D eigenvalue weighted by Gasteiger charge is -2.13. The van der Waals surface area contributed by atoms with E-state index in [0.29, 0.717) is 25.3 Å².